The van der Waals surface area contributed by atoms with Crippen molar-refractivity contribution in [3.8, 4) is 0 Å². The van der Waals surface area contributed by atoms with Crippen LogP contribution in [0.25, 0.3) is 0 Å². The van der Waals surface area contributed by atoms with Gasteiger partial charge >= 0.3 is 5.97 Å². The van der Waals surface area contributed by atoms with Crippen LogP contribution in [0.15, 0.2) is 23.1 Å². The molecule has 0 aliphatic rings. The zero-order valence-corrected chi connectivity index (χ0v) is 17.6. The normalized spacial score (nSPS) is 12.9. The van der Waals surface area contributed by atoms with Crippen molar-refractivity contribution in [2.75, 3.05) is 13.2 Å². The average molecular weight is 399 g/mol. The zero-order chi connectivity index (χ0) is 20.8. The van der Waals surface area contributed by atoms with Crippen LogP contribution >= 0.6 is 0 Å². The van der Waals surface area contributed by atoms with Crippen molar-refractivity contribution < 1.29 is 22.7 Å². The van der Waals surface area contributed by atoms with E-state index in [0.29, 0.717) is 6.54 Å². The van der Waals surface area contributed by atoms with Crippen molar-refractivity contribution in [3.05, 3.63) is 29.3 Å². The lowest BCUT2D eigenvalue weighted by Gasteiger charge is -2.21. The molecule has 0 aliphatic carbocycles. The summed E-state index contributed by atoms with van der Waals surface area (Å²) in [5.41, 5.74) is 1.81. The minimum Gasteiger partial charge on any atom is -0.454 e. The Morgan fingerprint density at radius 3 is 2.22 bits per heavy atom. The molecule has 0 unspecified atom stereocenters. The van der Waals surface area contributed by atoms with Crippen molar-refractivity contribution in [2.24, 2.45) is 11.8 Å². The van der Waals surface area contributed by atoms with Gasteiger partial charge in [0.1, 0.15) is 6.04 Å². The summed E-state index contributed by atoms with van der Waals surface area (Å²) in [4.78, 5) is 24.1. The number of ether oxygens (including phenoxy) is 1. The topological polar surface area (TPSA) is 102 Å². The standard InChI is InChI=1S/C19H30N2O5S/c1-12(2)10-20-17(22)11-26-19(23)18(13(3)4)21-27(24,25)16-8-7-14(5)15(6)9-16/h7-9,12-13,18,21H,10-11H2,1-6H3,(H,20,22)/t18-/m1/s1. The van der Waals surface area contributed by atoms with Crippen LogP contribution in [0.5, 0.6) is 0 Å². The fourth-order valence-corrected chi connectivity index (χ4v) is 3.59. The summed E-state index contributed by atoms with van der Waals surface area (Å²) in [6, 6.07) is 3.67. The molecule has 1 rings (SSSR count). The van der Waals surface area contributed by atoms with Crippen LogP contribution in [0, 0.1) is 25.7 Å². The fourth-order valence-electron chi connectivity index (χ4n) is 2.17. The first-order valence-electron chi connectivity index (χ1n) is 8.97. The Morgan fingerprint density at radius 2 is 1.70 bits per heavy atom. The van der Waals surface area contributed by atoms with Gasteiger partial charge in [0.2, 0.25) is 10.0 Å². The molecule has 152 valence electrons. The van der Waals surface area contributed by atoms with Crippen LogP contribution < -0.4 is 10.0 Å². The van der Waals surface area contributed by atoms with Gasteiger partial charge in [-0.3, -0.25) is 9.59 Å². The van der Waals surface area contributed by atoms with Crippen molar-refractivity contribution in [1.82, 2.24) is 10.0 Å². The van der Waals surface area contributed by atoms with Crippen molar-refractivity contribution in [3.63, 3.8) is 0 Å². The Labute approximate surface area is 161 Å². The van der Waals surface area contributed by atoms with Crippen LogP contribution in [-0.4, -0.2) is 39.5 Å². The van der Waals surface area contributed by atoms with Gasteiger partial charge < -0.3 is 10.1 Å². The predicted octanol–water partition coefficient (Wildman–Crippen LogP) is 1.92. The lowest BCUT2D eigenvalue weighted by Crippen LogP contribution is -2.46. The van der Waals surface area contributed by atoms with E-state index in [9.17, 15) is 18.0 Å². The van der Waals surface area contributed by atoms with Gasteiger partial charge in [-0.25, -0.2) is 8.42 Å². The molecule has 1 aromatic carbocycles. The van der Waals surface area contributed by atoms with E-state index in [0.717, 1.165) is 11.1 Å². The molecule has 0 heterocycles. The molecule has 0 saturated heterocycles. The van der Waals surface area contributed by atoms with Gasteiger partial charge in [-0.1, -0.05) is 33.8 Å². The van der Waals surface area contributed by atoms with E-state index in [1.165, 1.54) is 6.07 Å². The molecule has 0 saturated carbocycles. The molecule has 0 radical (unpaired) electrons. The second kappa shape index (κ2) is 9.85. The molecule has 0 spiro atoms. The quantitative estimate of drug-likeness (QED) is 0.619. The Balaban J connectivity index is 2.81. The number of carbonyl (C=O) groups excluding carboxylic acids is 2. The molecule has 1 amide bonds. The number of esters is 1. The maximum atomic E-state index is 12.6. The van der Waals surface area contributed by atoms with Crippen LogP contribution in [-0.2, 0) is 24.3 Å². The van der Waals surface area contributed by atoms with Crippen LogP contribution in [0.2, 0.25) is 0 Å². The summed E-state index contributed by atoms with van der Waals surface area (Å²) < 4.78 is 32.7. The highest BCUT2D eigenvalue weighted by Gasteiger charge is 2.30. The minimum absolute atomic E-state index is 0.0822. The van der Waals surface area contributed by atoms with E-state index >= 15 is 0 Å². The maximum absolute atomic E-state index is 12.6. The van der Waals surface area contributed by atoms with E-state index < -0.39 is 34.5 Å². The number of hydrogen-bond acceptors (Lipinski definition) is 5. The minimum atomic E-state index is -3.90. The van der Waals surface area contributed by atoms with Gasteiger partial charge in [0.15, 0.2) is 6.61 Å². The van der Waals surface area contributed by atoms with Crippen molar-refractivity contribution >= 4 is 21.9 Å². The predicted molar refractivity (Wildman–Crippen MR) is 104 cm³/mol. The third-order valence-corrected chi connectivity index (χ3v) is 5.48. The monoisotopic (exact) mass is 398 g/mol. The zero-order valence-electron chi connectivity index (χ0n) is 16.8. The number of nitrogens with one attached hydrogen (secondary N) is 2. The summed E-state index contributed by atoms with van der Waals surface area (Å²) in [5, 5.41) is 2.64. The molecule has 1 aromatic rings. The number of rotatable bonds is 9. The third-order valence-electron chi connectivity index (χ3n) is 4.04. The summed E-state index contributed by atoms with van der Waals surface area (Å²) in [7, 11) is -3.90. The molecular weight excluding hydrogens is 368 g/mol. The Kier molecular flexibility index (Phi) is 8.43. The first kappa shape index (κ1) is 23.1. The number of amides is 1. The molecule has 8 heteroatoms. The molecule has 1 atom stereocenters. The maximum Gasteiger partial charge on any atom is 0.324 e. The Hall–Kier alpha value is -1.93. The smallest absolute Gasteiger partial charge is 0.324 e. The SMILES string of the molecule is Cc1ccc(S(=O)(=O)N[C@@H](C(=O)OCC(=O)NCC(C)C)C(C)C)cc1C. The van der Waals surface area contributed by atoms with E-state index in [-0.39, 0.29) is 16.7 Å². The largest absolute Gasteiger partial charge is 0.454 e. The third kappa shape index (κ3) is 7.30. The first-order chi connectivity index (χ1) is 12.4. The van der Waals surface area contributed by atoms with E-state index in [2.05, 4.69) is 10.0 Å². The molecule has 0 bridgehead atoms. The number of aryl methyl sites for hydroxylation is 2. The Morgan fingerprint density at radius 1 is 1.07 bits per heavy atom. The molecule has 2 N–H and O–H groups in total. The fraction of sp³-hybridized carbons (Fsp3) is 0.579. The highest BCUT2D eigenvalue weighted by molar-refractivity contribution is 7.89. The summed E-state index contributed by atoms with van der Waals surface area (Å²) in [6.07, 6.45) is 0. The molecule has 0 aliphatic heterocycles. The highest BCUT2D eigenvalue weighted by Crippen LogP contribution is 2.16. The van der Waals surface area contributed by atoms with Crippen LogP contribution in [0.1, 0.15) is 38.8 Å². The van der Waals surface area contributed by atoms with Gasteiger partial charge in [0, 0.05) is 6.54 Å². The average Bonchev–Trinajstić information content (AvgIpc) is 2.57. The van der Waals surface area contributed by atoms with Crippen LogP contribution in [0.4, 0.5) is 0 Å². The summed E-state index contributed by atoms with van der Waals surface area (Å²) in [5.74, 6) is -1.27. The number of hydrogen-bond donors (Lipinski definition) is 2. The lowest BCUT2D eigenvalue weighted by atomic mass is 10.1. The summed E-state index contributed by atoms with van der Waals surface area (Å²) >= 11 is 0. The van der Waals surface area contributed by atoms with Gasteiger partial charge in [0.25, 0.3) is 5.91 Å². The first-order valence-corrected chi connectivity index (χ1v) is 10.4. The van der Waals surface area contributed by atoms with Gasteiger partial charge in [-0.2, -0.15) is 4.72 Å². The van der Waals surface area contributed by atoms with Gasteiger partial charge in [-0.15, -0.1) is 0 Å². The van der Waals surface area contributed by atoms with Gasteiger partial charge in [0.05, 0.1) is 4.90 Å². The Bertz CT molecular complexity index is 772. The van der Waals surface area contributed by atoms with E-state index in [1.54, 1.807) is 26.0 Å². The summed E-state index contributed by atoms with van der Waals surface area (Å²) in [6.45, 7) is 11.0. The molecule has 27 heavy (non-hydrogen) atoms. The van der Waals surface area contributed by atoms with E-state index in [4.69, 9.17) is 4.74 Å². The van der Waals surface area contributed by atoms with Gasteiger partial charge in [-0.05, 0) is 48.9 Å². The van der Waals surface area contributed by atoms with E-state index in [1.807, 2.05) is 27.7 Å². The second-order valence-electron chi connectivity index (χ2n) is 7.39. The molecular formula is C19H30N2O5S. The number of sulfonamides is 1. The van der Waals surface area contributed by atoms with Crippen LogP contribution in [0.3, 0.4) is 0 Å². The number of carbonyl (C=O) groups is 2. The second-order valence-corrected chi connectivity index (χ2v) is 9.11. The van der Waals surface area contributed by atoms with Crippen molar-refractivity contribution in [2.45, 2.75) is 52.5 Å². The molecule has 0 aromatic heterocycles. The molecule has 7 nitrogen and oxygen atoms in total. The number of benzene rings is 1. The lowest BCUT2D eigenvalue weighted by molar-refractivity contribution is -0.151. The molecule has 0 fully saturated rings. The highest BCUT2D eigenvalue weighted by atomic mass is 32.2. The van der Waals surface area contributed by atoms with Crippen molar-refractivity contribution in [1.29, 1.82) is 0 Å².